The average molecular weight is 306 g/mol. The van der Waals surface area contributed by atoms with Gasteiger partial charge in [-0.15, -0.1) is 0 Å². The summed E-state index contributed by atoms with van der Waals surface area (Å²) in [4.78, 5) is 22.6. The topological polar surface area (TPSA) is 129 Å². The molecule has 0 aliphatic rings. The van der Waals surface area contributed by atoms with E-state index >= 15 is 0 Å². The molecule has 0 spiro atoms. The molecule has 3 N–H and O–H groups in total. The molecular formula is C10H19NaO7S. The Morgan fingerprint density at radius 1 is 1.05 bits per heavy atom. The number of carbonyl (C=O) groups is 2. The van der Waals surface area contributed by atoms with Gasteiger partial charge in [-0.2, -0.15) is 8.42 Å². The monoisotopic (exact) mass is 306 g/mol. The second-order valence-corrected chi connectivity index (χ2v) is 6.41. The van der Waals surface area contributed by atoms with Crippen LogP contribution < -0.4 is 0 Å². The van der Waals surface area contributed by atoms with Crippen molar-refractivity contribution in [1.29, 1.82) is 0 Å². The molecule has 9 heteroatoms. The second kappa shape index (κ2) is 7.03. The van der Waals surface area contributed by atoms with Gasteiger partial charge in [0.25, 0.3) is 10.1 Å². The van der Waals surface area contributed by atoms with Crippen molar-refractivity contribution in [3.63, 3.8) is 0 Å². The maximum absolute atomic E-state index is 11.5. The minimum absolute atomic E-state index is 0. The standard InChI is InChI=1S/C10H18O7S.Na.H/c1-5(2)7(8(11)12)10(6(3)4,9(13)14)18(15,16)17;;/h5-7H,1-4H3,(H,11,12)(H,13,14)(H,15,16,17);;. The molecule has 0 saturated carbocycles. The molecule has 0 bridgehead atoms. The van der Waals surface area contributed by atoms with Gasteiger partial charge in [0.05, 0.1) is 5.92 Å². The van der Waals surface area contributed by atoms with Gasteiger partial charge in [0.1, 0.15) is 0 Å². The predicted molar refractivity (Wildman–Crippen MR) is 69.9 cm³/mol. The zero-order valence-electron chi connectivity index (χ0n) is 10.6. The van der Waals surface area contributed by atoms with E-state index in [4.69, 9.17) is 5.11 Å². The molecule has 0 aromatic carbocycles. The molecule has 0 aromatic heterocycles. The average Bonchev–Trinajstić information content (AvgIpc) is 2.08. The van der Waals surface area contributed by atoms with Gasteiger partial charge in [0.2, 0.25) is 4.75 Å². The zero-order chi connectivity index (χ0) is 14.9. The van der Waals surface area contributed by atoms with Gasteiger partial charge in [0, 0.05) is 0 Å². The molecule has 2 atom stereocenters. The molecule has 0 heterocycles. The fourth-order valence-corrected chi connectivity index (χ4v) is 3.78. The van der Waals surface area contributed by atoms with Crippen molar-refractivity contribution < 1.29 is 32.8 Å². The summed E-state index contributed by atoms with van der Waals surface area (Å²) >= 11 is 0. The van der Waals surface area contributed by atoms with Crippen molar-refractivity contribution in [3.05, 3.63) is 0 Å². The molecule has 19 heavy (non-hydrogen) atoms. The SMILES string of the molecule is CC(C)C(C(=O)O)C(C(=O)O)(C(C)C)S(=O)(=O)O.[NaH]. The molecule has 0 amide bonds. The van der Waals surface area contributed by atoms with Gasteiger partial charge in [-0.1, -0.05) is 27.7 Å². The van der Waals surface area contributed by atoms with Gasteiger partial charge in [0.15, 0.2) is 0 Å². The first-order chi connectivity index (χ1) is 7.90. The molecule has 0 fully saturated rings. The minimum atomic E-state index is -5.09. The van der Waals surface area contributed by atoms with Crippen LogP contribution in [0, 0.1) is 17.8 Å². The first kappa shape index (κ1) is 21.2. The van der Waals surface area contributed by atoms with Crippen LogP contribution >= 0.6 is 0 Å². The first-order valence-corrected chi connectivity index (χ1v) is 6.77. The Kier molecular flexibility index (Phi) is 7.83. The van der Waals surface area contributed by atoms with Crippen molar-refractivity contribution in [2.75, 3.05) is 0 Å². The van der Waals surface area contributed by atoms with Gasteiger partial charge >= 0.3 is 41.5 Å². The maximum atomic E-state index is 11.5. The molecule has 0 aromatic rings. The van der Waals surface area contributed by atoms with Crippen LogP contribution in [0.25, 0.3) is 0 Å². The Morgan fingerprint density at radius 2 is 1.42 bits per heavy atom. The second-order valence-electron chi connectivity index (χ2n) is 4.79. The normalized spacial score (nSPS) is 16.6. The van der Waals surface area contributed by atoms with E-state index < -0.39 is 44.6 Å². The van der Waals surface area contributed by atoms with E-state index in [9.17, 15) is 27.7 Å². The number of carboxylic acids is 2. The molecule has 2 unspecified atom stereocenters. The third kappa shape index (κ3) is 3.69. The van der Waals surface area contributed by atoms with Crippen LogP contribution in [0.15, 0.2) is 0 Å². The fourth-order valence-electron chi connectivity index (χ4n) is 2.27. The van der Waals surface area contributed by atoms with Gasteiger partial charge in [-0.25, -0.2) is 0 Å². The van der Waals surface area contributed by atoms with Crippen LogP contribution in [0.3, 0.4) is 0 Å². The molecule has 108 valence electrons. The van der Waals surface area contributed by atoms with Crippen molar-refractivity contribution in [2.45, 2.75) is 32.4 Å². The Morgan fingerprint density at radius 3 is 1.47 bits per heavy atom. The van der Waals surface area contributed by atoms with Crippen molar-refractivity contribution in [3.8, 4) is 0 Å². The van der Waals surface area contributed by atoms with Crippen LogP contribution in [0.5, 0.6) is 0 Å². The van der Waals surface area contributed by atoms with E-state index in [-0.39, 0.29) is 29.6 Å². The zero-order valence-corrected chi connectivity index (χ0v) is 11.4. The van der Waals surface area contributed by atoms with Gasteiger partial charge < -0.3 is 10.2 Å². The number of aliphatic carboxylic acids is 2. The molecule has 7 nitrogen and oxygen atoms in total. The quantitative estimate of drug-likeness (QED) is 0.467. The Labute approximate surface area is 134 Å². The van der Waals surface area contributed by atoms with Crippen molar-refractivity contribution >= 4 is 51.6 Å². The molecule has 0 rings (SSSR count). The van der Waals surface area contributed by atoms with E-state index in [0.29, 0.717) is 0 Å². The summed E-state index contributed by atoms with van der Waals surface area (Å²) in [6.45, 7) is 5.29. The Balaban J connectivity index is 0. The number of rotatable bonds is 6. The van der Waals surface area contributed by atoms with Crippen LogP contribution in [-0.4, -0.2) is 69.4 Å². The van der Waals surface area contributed by atoms with E-state index in [1.807, 2.05) is 0 Å². The van der Waals surface area contributed by atoms with E-state index in [2.05, 4.69) is 0 Å². The summed E-state index contributed by atoms with van der Waals surface area (Å²) < 4.78 is 29.5. The third-order valence-corrected chi connectivity index (χ3v) is 4.77. The van der Waals surface area contributed by atoms with Crippen LogP contribution in [0.1, 0.15) is 27.7 Å². The molecule has 0 aliphatic carbocycles. The molecule has 0 radical (unpaired) electrons. The Bertz CT molecular complexity index is 443. The van der Waals surface area contributed by atoms with Crippen molar-refractivity contribution in [2.24, 2.45) is 17.8 Å². The Hall–Kier alpha value is -0.150. The molecule has 0 saturated heterocycles. The third-order valence-electron chi connectivity index (χ3n) is 3.01. The van der Waals surface area contributed by atoms with E-state index in [1.54, 1.807) is 0 Å². The van der Waals surface area contributed by atoms with Crippen molar-refractivity contribution in [1.82, 2.24) is 0 Å². The summed E-state index contributed by atoms with van der Waals surface area (Å²) in [7, 11) is -5.09. The van der Waals surface area contributed by atoms with Gasteiger partial charge in [-0.05, 0) is 11.8 Å². The number of hydrogen-bond acceptors (Lipinski definition) is 4. The number of hydrogen-bond donors (Lipinski definition) is 3. The van der Waals surface area contributed by atoms with Crippen LogP contribution in [-0.2, 0) is 19.7 Å². The van der Waals surface area contributed by atoms with Gasteiger partial charge in [-0.3, -0.25) is 14.1 Å². The summed E-state index contributed by atoms with van der Waals surface area (Å²) in [5.74, 6) is -7.05. The summed E-state index contributed by atoms with van der Waals surface area (Å²) in [5.41, 5.74) is 0. The van der Waals surface area contributed by atoms with Crippen LogP contribution in [0.2, 0.25) is 0 Å². The summed E-state index contributed by atoms with van der Waals surface area (Å²) in [5, 5.41) is 18.3. The molecule has 0 aliphatic heterocycles. The summed E-state index contributed by atoms with van der Waals surface area (Å²) in [6.07, 6.45) is 0. The fraction of sp³-hybridized carbons (Fsp3) is 0.800. The van der Waals surface area contributed by atoms with E-state index in [1.165, 1.54) is 27.7 Å². The number of carboxylic acid groups (broad SMARTS) is 2. The predicted octanol–water partition coefficient (Wildman–Crippen LogP) is 0.0619. The van der Waals surface area contributed by atoms with Crippen LogP contribution in [0.4, 0.5) is 0 Å². The van der Waals surface area contributed by atoms with E-state index in [0.717, 1.165) is 0 Å². The first-order valence-electron chi connectivity index (χ1n) is 5.33. The summed E-state index contributed by atoms with van der Waals surface area (Å²) in [6, 6.07) is 0. The molecular weight excluding hydrogens is 287 g/mol.